The molecule has 10 nitrogen and oxygen atoms in total. The Bertz CT molecular complexity index is 219. The van der Waals surface area contributed by atoms with Gasteiger partial charge in [0.05, 0.1) is 12.2 Å². The van der Waals surface area contributed by atoms with E-state index < -0.39 is 5.60 Å². The first kappa shape index (κ1) is 61.6. The molecule has 0 saturated heterocycles. The van der Waals surface area contributed by atoms with E-state index in [0.29, 0.717) is 0 Å². The fourth-order valence-corrected chi connectivity index (χ4v) is 0. The molecule has 0 aliphatic heterocycles. The third-order valence-electron chi connectivity index (χ3n) is 0.387. The Labute approximate surface area is 237 Å². The van der Waals surface area contributed by atoms with Crippen LogP contribution in [0.5, 0.6) is 0 Å². The van der Waals surface area contributed by atoms with Crippen LogP contribution in [0, 0.1) is 0 Å². The van der Waals surface area contributed by atoms with Crippen LogP contribution in [0.3, 0.4) is 0 Å². The van der Waals surface area contributed by atoms with Gasteiger partial charge in [0.1, 0.15) is 0 Å². The van der Waals surface area contributed by atoms with Crippen molar-refractivity contribution in [3.05, 3.63) is 0 Å². The van der Waals surface area contributed by atoms with Crippen LogP contribution in [-0.4, -0.2) is 112 Å². The van der Waals surface area contributed by atoms with Crippen molar-refractivity contribution in [1.82, 2.24) is 0 Å². The first-order chi connectivity index (χ1) is 16.4. The van der Waals surface area contributed by atoms with Crippen molar-refractivity contribution in [3.8, 4) is 0 Å². The zero-order valence-corrected chi connectivity index (χ0v) is 28.3. The predicted molar refractivity (Wildman–Crippen MR) is 162 cm³/mol. The number of aliphatic hydroxyl groups excluding tert-OH is 9. The number of aliphatic hydroxyl groups is 10. The highest BCUT2D eigenvalue weighted by atomic mass is 16.3. The maximum atomic E-state index is 8.58. The molecule has 10 heteroatoms. The summed E-state index contributed by atoms with van der Waals surface area (Å²) in [6.45, 7) is 30.5. The van der Waals surface area contributed by atoms with Gasteiger partial charge in [0.25, 0.3) is 0 Å². The third kappa shape index (κ3) is 6300. The van der Waals surface area contributed by atoms with Crippen molar-refractivity contribution >= 4 is 0 Å². The van der Waals surface area contributed by atoms with Crippen LogP contribution in [0.15, 0.2) is 0 Å². The van der Waals surface area contributed by atoms with Gasteiger partial charge in [-0.2, -0.15) is 0 Å². The minimum absolute atomic E-state index is 0.167. The molecule has 0 aliphatic rings. The largest absolute Gasteiger partial charge is 0.394 e. The SMILES string of the molecule is CC(C)(O)CO.CC(C)O.CC(C)O.CC(C)O.CC(C)O.CC(C)O.CC(C)O.CC(C)O.CC(C)O. The molecular formula is C28H74O10. The van der Waals surface area contributed by atoms with E-state index in [1.165, 1.54) is 0 Å². The third-order valence-corrected chi connectivity index (χ3v) is 0.387. The summed E-state index contributed by atoms with van der Waals surface area (Å²) in [5.74, 6) is 0. The second-order valence-corrected chi connectivity index (χ2v) is 10.7. The van der Waals surface area contributed by atoms with Crippen molar-refractivity contribution in [2.45, 2.75) is 179 Å². The molecule has 0 aromatic rings. The minimum atomic E-state index is -0.903. The van der Waals surface area contributed by atoms with Gasteiger partial charge in [0.15, 0.2) is 0 Å². The van der Waals surface area contributed by atoms with Crippen molar-refractivity contribution < 1.29 is 51.1 Å². The van der Waals surface area contributed by atoms with Gasteiger partial charge >= 0.3 is 0 Å². The van der Waals surface area contributed by atoms with Crippen LogP contribution in [-0.2, 0) is 0 Å². The molecule has 0 aliphatic carbocycles. The van der Waals surface area contributed by atoms with Crippen LogP contribution >= 0.6 is 0 Å². The van der Waals surface area contributed by atoms with Gasteiger partial charge in [-0.15, -0.1) is 0 Å². The van der Waals surface area contributed by atoms with Crippen LogP contribution in [0.4, 0.5) is 0 Å². The Balaban J connectivity index is -0.0000000357. The molecule has 0 amide bonds. The maximum Gasteiger partial charge on any atom is 0.0821 e. The van der Waals surface area contributed by atoms with E-state index in [1.807, 2.05) is 0 Å². The van der Waals surface area contributed by atoms with E-state index in [1.54, 1.807) is 125 Å². The summed E-state index contributed by atoms with van der Waals surface area (Å²) in [4.78, 5) is 0. The smallest absolute Gasteiger partial charge is 0.0821 e. The second kappa shape index (κ2) is 49.5. The molecule has 0 spiro atoms. The predicted octanol–water partition coefficient (Wildman–Crippen LogP) is 2.85. The molecule has 38 heavy (non-hydrogen) atoms. The molecule has 0 unspecified atom stereocenters. The first-order valence-electron chi connectivity index (χ1n) is 13.2. The summed E-state index contributed by atoms with van der Waals surface area (Å²) in [7, 11) is 0. The lowest BCUT2D eigenvalue weighted by atomic mass is 10.2. The van der Waals surface area contributed by atoms with Gasteiger partial charge in [0.2, 0.25) is 0 Å². The molecule has 0 bridgehead atoms. The number of hydrogen-bond donors (Lipinski definition) is 10. The van der Waals surface area contributed by atoms with Crippen molar-refractivity contribution in [2.75, 3.05) is 6.61 Å². The van der Waals surface area contributed by atoms with Crippen molar-refractivity contribution in [2.24, 2.45) is 0 Å². The number of rotatable bonds is 1. The zero-order chi connectivity index (χ0) is 33.8. The molecular weight excluding hydrogens is 496 g/mol. The topological polar surface area (TPSA) is 202 Å². The molecule has 0 rings (SSSR count). The highest BCUT2D eigenvalue weighted by Gasteiger charge is 2.07. The standard InChI is InChI=1S/C4H10O2.8C3H8O/c1-4(2,6)3-5;8*1-3(2)4/h5-6H,3H2,1-2H3;8*3-4H,1-2H3. The summed E-state index contributed by atoms with van der Waals surface area (Å²) in [5, 5.41) is 81.2. The lowest BCUT2D eigenvalue weighted by Crippen LogP contribution is -2.23. The summed E-state index contributed by atoms with van der Waals surface area (Å²) < 4.78 is 0. The van der Waals surface area contributed by atoms with Gasteiger partial charge < -0.3 is 51.1 Å². The van der Waals surface area contributed by atoms with E-state index in [9.17, 15) is 0 Å². The maximum absolute atomic E-state index is 8.58. The van der Waals surface area contributed by atoms with E-state index >= 15 is 0 Å². The monoisotopic (exact) mass is 571 g/mol. The van der Waals surface area contributed by atoms with E-state index in [-0.39, 0.29) is 55.4 Å². The summed E-state index contributed by atoms with van der Waals surface area (Å²) >= 11 is 0. The van der Waals surface area contributed by atoms with Crippen LogP contribution in [0.2, 0.25) is 0 Å². The molecule has 10 N–H and O–H groups in total. The zero-order valence-electron chi connectivity index (χ0n) is 28.3. The lowest BCUT2D eigenvalue weighted by Gasteiger charge is -2.10. The average Bonchev–Trinajstić information content (AvgIpc) is 2.49. The van der Waals surface area contributed by atoms with E-state index in [4.69, 9.17) is 51.1 Å². The quantitative estimate of drug-likeness (QED) is 0.223. The Morgan fingerprint density at radius 1 is 0.342 bits per heavy atom. The summed E-state index contributed by atoms with van der Waals surface area (Å²) in [5.41, 5.74) is -0.903. The summed E-state index contributed by atoms with van der Waals surface area (Å²) in [6, 6.07) is 0. The van der Waals surface area contributed by atoms with Crippen molar-refractivity contribution in [3.63, 3.8) is 0 Å². The Morgan fingerprint density at radius 2 is 0.368 bits per heavy atom. The molecule has 0 radical (unpaired) electrons. The minimum Gasteiger partial charge on any atom is -0.394 e. The fourth-order valence-electron chi connectivity index (χ4n) is 0. The number of hydrogen-bond acceptors (Lipinski definition) is 10. The van der Waals surface area contributed by atoms with Gasteiger partial charge in [-0.25, -0.2) is 0 Å². The first-order valence-corrected chi connectivity index (χ1v) is 13.2. The Kier molecular flexibility index (Phi) is 80.3. The van der Waals surface area contributed by atoms with Crippen molar-refractivity contribution in [1.29, 1.82) is 0 Å². The molecule has 0 heterocycles. The molecule has 246 valence electrons. The Morgan fingerprint density at radius 3 is 0.368 bits per heavy atom. The molecule has 0 aromatic heterocycles. The molecule has 0 aromatic carbocycles. The van der Waals surface area contributed by atoms with Crippen LogP contribution < -0.4 is 0 Å². The average molecular weight is 571 g/mol. The van der Waals surface area contributed by atoms with Gasteiger partial charge in [-0.05, 0) is 125 Å². The molecule has 0 fully saturated rings. The molecule has 0 atom stereocenters. The summed E-state index contributed by atoms with van der Waals surface area (Å²) in [6.07, 6.45) is -1.33. The lowest BCUT2D eigenvalue weighted by molar-refractivity contribution is 0.0183. The van der Waals surface area contributed by atoms with Crippen LogP contribution in [0.1, 0.15) is 125 Å². The normalized spacial score (nSPS) is 9.47. The fraction of sp³-hybridized carbons (Fsp3) is 1.00. The highest BCUT2D eigenvalue weighted by Crippen LogP contribution is 1.95. The molecule has 0 saturated carbocycles. The van der Waals surface area contributed by atoms with Gasteiger partial charge in [0, 0.05) is 48.8 Å². The second-order valence-electron chi connectivity index (χ2n) is 10.7. The van der Waals surface area contributed by atoms with E-state index in [2.05, 4.69) is 0 Å². The Hall–Kier alpha value is -0.400. The van der Waals surface area contributed by atoms with Gasteiger partial charge in [-0.3, -0.25) is 0 Å². The van der Waals surface area contributed by atoms with Gasteiger partial charge in [-0.1, -0.05) is 0 Å². The highest BCUT2D eigenvalue weighted by molar-refractivity contribution is 4.59. The van der Waals surface area contributed by atoms with E-state index in [0.717, 1.165) is 0 Å². The van der Waals surface area contributed by atoms with Crippen LogP contribution in [0.25, 0.3) is 0 Å².